The first-order chi connectivity index (χ1) is 9.74. The maximum Gasteiger partial charge on any atom is 0.254 e. The zero-order valence-electron chi connectivity index (χ0n) is 11.4. The Bertz CT molecular complexity index is 772. The van der Waals surface area contributed by atoms with Crippen molar-refractivity contribution in [3.05, 3.63) is 78.0 Å². The van der Waals surface area contributed by atoms with Crippen LogP contribution in [0.25, 0.3) is 10.9 Å². The van der Waals surface area contributed by atoms with Crippen LogP contribution >= 0.6 is 0 Å². The molecule has 1 amide bonds. The maximum atomic E-state index is 11.5. The van der Waals surface area contributed by atoms with Gasteiger partial charge in [0.2, 0.25) is 5.52 Å². The van der Waals surface area contributed by atoms with Crippen molar-refractivity contribution in [3.8, 4) is 0 Å². The molecule has 0 unspecified atom stereocenters. The second-order valence-corrected chi connectivity index (χ2v) is 4.77. The number of nitrogens with zero attached hydrogens (tertiary/aromatic N) is 1. The van der Waals surface area contributed by atoms with Crippen LogP contribution in [0.15, 0.2) is 66.9 Å². The number of aromatic nitrogens is 1. The highest BCUT2D eigenvalue weighted by Crippen LogP contribution is 2.12. The molecule has 21 heavy (non-hydrogen) atoms. The van der Waals surface area contributed by atoms with Gasteiger partial charge in [-0.25, -0.2) is 0 Å². The van der Waals surface area contributed by atoms with Gasteiger partial charge in [0.1, 0.15) is 5.56 Å². The summed E-state index contributed by atoms with van der Waals surface area (Å²) in [5, 5.41) is 1.01. The summed E-state index contributed by atoms with van der Waals surface area (Å²) in [7, 11) is 0. The van der Waals surface area contributed by atoms with Crippen LogP contribution in [0.1, 0.15) is 15.9 Å². The van der Waals surface area contributed by atoms with Gasteiger partial charge in [-0.3, -0.25) is 4.79 Å². The van der Waals surface area contributed by atoms with E-state index >= 15 is 0 Å². The van der Waals surface area contributed by atoms with Gasteiger partial charge in [-0.2, -0.15) is 4.57 Å². The largest absolute Gasteiger partial charge is 1.00 e. The number of nitrogens with two attached hydrogens (primary N) is 1. The van der Waals surface area contributed by atoms with Crippen LogP contribution in [0.2, 0.25) is 0 Å². The lowest BCUT2D eigenvalue weighted by Crippen LogP contribution is -3.00. The number of primary amides is 1. The number of carbonyl (C=O) groups excluding carboxylic acids is 1. The lowest BCUT2D eigenvalue weighted by molar-refractivity contribution is -0.662. The average Bonchev–Trinajstić information content (AvgIpc) is 2.48. The normalized spacial score (nSPS) is 10.1. The van der Waals surface area contributed by atoms with Crippen molar-refractivity contribution in [2.75, 3.05) is 0 Å². The lowest BCUT2D eigenvalue weighted by atomic mass is 10.1. The van der Waals surface area contributed by atoms with E-state index in [1.807, 2.05) is 54.7 Å². The Morgan fingerprint density at radius 3 is 2.38 bits per heavy atom. The fraction of sp³-hybridized carbons (Fsp3) is 0.0588. The highest BCUT2D eigenvalue weighted by Gasteiger charge is 2.14. The number of para-hydroxylation sites is 1. The predicted molar refractivity (Wildman–Crippen MR) is 78.2 cm³/mol. The average molecular weight is 299 g/mol. The van der Waals surface area contributed by atoms with E-state index in [1.54, 1.807) is 0 Å². The minimum absolute atomic E-state index is 0. The molecular weight excluding hydrogens is 284 g/mol. The van der Waals surface area contributed by atoms with Gasteiger partial charge in [-0.05, 0) is 12.1 Å². The topological polar surface area (TPSA) is 47.0 Å². The van der Waals surface area contributed by atoms with Gasteiger partial charge < -0.3 is 18.1 Å². The van der Waals surface area contributed by atoms with Crippen molar-refractivity contribution in [2.24, 2.45) is 5.73 Å². The number of benzene rings is 2. The van der Waals surface area contributed by atoms with Crippen molar-refractivity contribution in [1.29, 1.82) is 0 Å². The number of amides is 1. The summed E-state index contributed by atoms with van der Waals surface area (Å²) in [5.41, 5.74) is 8.21. The van der Waals surface area contributed by atoms with Crippen LogP contribution in [-0.2, 0) is 6.54 Å². The molecule has 0 aliphatic carbocycles. The molecule has 1 aromatic heterocycles. The van der Waals surface area contributed by atoms with Crippen LogP contribution < -0.4 is 22.7 Å². The Morgan fingerprint density at radius 1 is 1.00 bits per heavy atom. The lowest BCUT2D eigenvalue weighted by Gasteiger charge is -2.04. The van der Waals surface area contributed by atoms with Crippen LogP contribution in [0.4, 0.5) is 0 Å². The molecule has 0 spiro atoms. The molecule has 4 heteroatoms. The van der Waals surface area contributed by atoms with E-state index < -0.39 is 5.91 Å². The number of pyridine rings is 1. The second kappa shape index (κ2) is 6.37. The van der Waals surface area contributed by atoms with Crippen LogP contribution in [0.5, 0.6) is 0 Å². The highest BCUT2D eigenvalue weighted by molar-refractivity contribution is 5.95. The van der Waals surface area contributed by atoms with Gasteiger partial charge in [-0.15, -0.1) is 0 Å². The molecule has 3 nitrogen and oxygen atoms in total. The smallest absolute Gasteiger partial charge is 0.254 e. The molecule has 1 heterocycles. The first-order valence-corrected chi connectivity index (χ1v) is 6.50. The second-order valence-electron chi connectivity index (χ2n) is 4.77. The van der Waals surface area contributed by atoms with Crippen molar-refractivity contribution in [1.82, 2.24) is 0 Å². The molecule has 0 bridgehead atoms. The summed E-state index contributed by atoms with van der Waals surface area (Å²) >= 11 is 0. The molecule has 3 aromatic rings. The first kappa shape index (κ1) is 15.0. The minimum atomic E-state index is -0.405. The van der Waals surface area contributed by atoms with Gasteiger partial charge in [0.15, 0.2) is 12.7 Å². The summed E-state index contributed by atoms with van der Waals surface area (Å²) in [6.45, 7) is 0.711. The van der Waals surface area contributed by atoms with E-state index in [1.165, 1.54) is 5.56 Å². The standard InChI is InChI=1S/C17H14N2O.ClH/c18-17(20)15-10-14-8-4-5-9-16(14)19(12-15)11-13-6-2-1-3-7-13;/h1-10,12H,11H2,(H-,18,20);1H. The summed E-state index contributed by atoms with van der Waals surface area (Å²) in [6.07, 6.45) is 1.82. The SMILES string of the molecule is NC(=O)c1cc2ccccc2[n+](Cc2ccccc2)c1.[Cl-]. The van der Waals surface area contributed by atoms with Crippen molar-refractivity contribution in [2.45, 2.75) is 6.54 Å². The molecular formula is C17H15ClN2O. The molecule has 0 atom stereocenters. The fourth-order valence-electron chi connectivity index (χ4n) is 2.36. The van der Waals surface area contributed by atoms with Crippen LogP contribution in [-0.4, -0.2) is 5.91 Å². The number of rotatable bonds is 3. The molecule has 0 fully saturated rings. The Kier molecular flexibility index (Phi) is 4.55. The highest BCUT2D eigenvalue weighted by atomic mass is 35.5. The summed E-state index contributed by atoms with van der Waals surface area (Å²) in [4.78, 5) is 11.5. The quantitative estimate of drug-likeness (QED) is 0.637. The third-order valence-corrected chi connectivity index (χ3v) is 3.33. The fourth-order valence-corrected chi connectivity index (χ4v) is 2.36. The molecule has 2 aromatic carbocycles. The Morgan fingerprint density at radius 2 is 1.67 bits per heavy atom. The van der Waals surface area contributed by atoms with Gasteiger partial charge in [0.25, 0.3) is 5.91 Å². The van der Waals surface area contributed by atoms with E-state index in [0.717, 1.165) is 10.9 Å². The number of halogens is 1. The van der Waals surface area contributed by atoms with E-state index in [0.29, 0.717) is 12.1 Å². The van der Waals surface area contributed by atoms with Crippen molar-refractivity contribution < 1.29 is 21.8 Å². The molecule has 106 valence electrons. The summed E-state index contributed by atoms with van der Waals surface area (Å²) in [5.74, 6) is -0.405. The number of fused-ring (bicyclic) bond motifs is 1. The molecule has 0 radical (unpaired) electrons. The van der Waals surface area contributed by atoms with Gasteiger partial charge in [0, 0.05) is 17.0 Å². The van der Waals surface area contributed by atoms with Crippen molar-refractivity contribution >= 4 is 16.8 Å². The first-order valence-electron chi connectivity index (χ1n) is 6.50. The maximum absolute atomic E-state index is 11.5. The number of carbonyl (C=O) groups is 1. The molecule has 3 rings (SSSR count). The third-order valence-electron chi connectivity index (χ3n) is 3.33. The van der Waals surface area contributed by atoms with Gasteiger partial charge >= 0.3 is 0 Å². The molecule has 0 saturated carbocycles. The van der Waals surface area contributed by atoms with E-state index in [-0.39, 0.29) is 12.4 Å². The Balaban J connectivity index is 0.00000161. The van der Waals surface area contributed by atoms with E-state index in [2.05, 4.69) is 16.7 Å². The molecule has 0 aliphatic heterocycles. The van der Waals surface area contributed by atoms with Crippen molar-refractivity contribution in [3.63, 3.8) is 0 Å². The van der Waals surface area contributed by atoms with E-state index in [9.17, 15) is 4.79 Å². The number of hydrogen-bond donors (Lipinski definition) is 1. The number of hydrogen-bond acceptors (Lipinski definition) is 1. The van der Waals surface area contributed by atoms with Crippen LogP contribution in [0.3, 0.4) is 0 Å². The van der Waals surface area contributed by atoms with Gasteiger partial charge in [-0.1, -0.05) is 42.5 Å². The summed E-state index contributed by atoms with van der Waals surface area (Å²) < 4.78 is 2.06. The molecule has 0 aliphatic rings. The summed E-state index contributed by atoms with van der Waals surface area (Å²) in [6, 6.07) is 20.0. The monoisotopic (exact) mass is 298 g/mol. The molecule has 2 N–H and O–H groups in total. The zero-order chi connectivity index (χ0) is 13.9. The zero-order valence-corrected chi connectivity index (χ0v) is 12.1. The minimum Gasteiger partial charge on any atom is -1.00 e. The van der Waals surface area contributed by atoms with Crippen LogP contribution in [0, 0.1) is 0 Å². The molecule has 0 saturated heterocycles. The van der Waals surface area contributed by atoms with Gasteiger partial charge in [0.05, 0.1) is 0 Å². The third kappa shape index (κ3) is 3.20. The van der Waals surface area contributed by atoms with E-state index in [4.69, 9.17) is 5.73 Å². The predicted octanol–water partition coefficient (Wildman–Crippen LogP) is -0.721. The Labute approximate surface area is 129 Å². The Hall–Kier alpha value is -2.39.